The Hall–Kier alpha value is -5.46. The minimum absolute atomic E-state index is 1.25. The van der Waals surface area contributed by atoms with Crippen LogP contribution in [0.5, 0.6) is 0 Å². The van der Waals surface area contributed by atoms with E-state index in [4.69, 9.17) is 0 Å². The lowest BCUT2D eigenvalue weighted by molar-refractivity contribution is 1.50. The Labute approximate surface area is 257 Å². The third-order valence-electron chi connectivity index (χ3n) is 8.99. The topological polar surface area (TPSA) is 0 Å². The van der Waals surface area contributed by atoms with Crippen LogP contribution < -0.4 is 0 Å². The number of hydrogen-bond acceptors (Lipinski definition) is 0. The molecule has 0 saturated heterocycles. The maximum atomic E-state index is 2.41. The van der Waals surface area contributed by atoms with E-state index in [9.17, 15) is 0 Å². The Morgan fingerprint density at radius 2 is 0.727 bits per heavy atom. The highest BCUT2D eigenvalue weighted by molar-refractivity contribution is 6.28. The van der Waals surface area contributed by atoms with Gasteiger partial charge in [-0.05, 0) is 99.0 Å². The van der Waals surface area contributed by atoms with E-state index in [-0.39, 0.29) is 0 Å². The van der Waals surface area contributed by atoms with Crippen LogP contribution >= 0.6 is 0 Å². The minimum atomic E-state index is 1.25. The van der Waals surface area contributed by atoms with Crippen molar-refractivity contribution in [3.8, 4) is 22.3 Å². The van der Waals surface area contributed by atoms with Gasteiger partial charge in [-0.2, -0.15) is 0 Å². The molecule has 0 spiro atoms. The molecule has 0 atom stereocenters. The first kappa shape index (κ1) is 26.2. The van der Waals surface area contributed by atoms with Crippen LogP contribution in [0.4, 0.5) is 0 Å². The van der Waals surface area contributed by atoms with E-state index >= 15 is 0 Å². The molecule has 0 aliphatic carbocycles. The molecule has 0 bridgehead atoms. The van der Waals surface area contributed by atoms with E-state index in [2.05, 4.69) is 158 Å². The first-order valence-electron chi connectivity index (χ1n) is 15.6. The van der Waals surface area contributed by atoms with E-state index in [1.54, 1.807) is 0 Å². The van der Waals surface area contributed by atoms with Gasteiger partial charge in [0.05, 0.1) is 0 Å². The largest absolute Gasteiger partial charge is 0.0683 e. The average Bonchev–Trinajstić information content (AvgIpc) is 3.11. The molecule has 0 heteroatoms. The highest BCUT2D eigenvalue weighted by Gasteiger charge is 2.19. The predicted molar refractivity (Wildman–Crippen MR) is 194 cm³/mol. The molecule has 0 aromatic heterocycles. The maximum Gasteiger partial charge on any atom is -0.00141 e. The number of rotatable bonds is 2. The van der Waals surface area contributed by atoms with E-state index < -0.39 is 0 Å². The van der Waals surface area contributed by atoms with Crippen LogP contribution in [0.3, 0.4) is 0 Å². The van der Waals surface area contributed by atoms with E-state index in [0.29, 0.717) is 0 Å². The van der Waals surface area contributed by atoms with Crippen LogP contribution in [0, 0.1) is 0 Å². The first-order chi connectivity index (χ1) is 21.8. The predicted octanol–water partition coefficient (Wildman–Crippen LogP) is 13.0. The van der Waals surface area contributed by atoms with E-state index in [1.807, 2.05) is 13.8 Å². The third-order valence-corrected chi connectivity index (χ3v) is 8.99. The Morgan fingerprint density at radius 1 is 0.273 bits per heavy atom. The zero-order valence-corrected chi connectivity index (χ0v) is 25.0. The highest BCUT2D eigenvalue weighted by atomic mass is 14.2. The Morgan fingerprint density at radius 3 is 1.45 bits per heavy atom. The van der Waals surface area contributed by atoms with Gasteiger partial charge in [-0.15, -0.1) is 0 Å². The molecule has 208 valence electrons. The summed E-state index contributed by atoms with van der Waals surface area (Å²) in [5.74, 6) is 0. The van der Waals surface area contributed by atoms with Gasteiger partial charge < -0.3 is 0 Å². The molecular weight excluding hydrogens is 528 g/mol. The van der Waals surface area contributed by atoms with Crippen molar-refractivity contribution in [2.75, 3.05) is 0 Å². The van der Waals surface area contributed by atoms with Gasteiger partial charge >= 0.3 is 0 Å². The third kappa shape index (κ3) is 4.07. The summed E-state index contributed by atoms with van der Waals surface area (Å²) in [6, 6.07) is 58.2. The fraction of sp³-hybridized carbons (Fsp3) is 0.0455. The second-order valence-electron chi connectivity index (χ2n) is 11.3. The van der Waals surface area contributed by atoms with Crippen LogP contribution in [0.15, 0.2) is 158 Å². The van der Waals surface area contributed by atoms with Crippen molar-refractivity contribution >= 4 is 64.6 Å². The van der Waals surface area contributed by atoms with Gasteiger partial charge in [-0.25, -0.2) is 0 Å². The highest BCUT2D eigenvalue weighted by Crippen LogP contribution is 2.47. The van der Waals surface area contributed by atoms with Crippen molar-refractivity contribution in [1.29, 1.82) is 0 Å². The van der Waals surface area contributed by atoms with Gasteiger partial charge in [-0.1, -0.05) is 159 Å². The average molecular weight is 561 g/mol. The molecule has 9 aromatic rings. The van der Waals surface area contributed by atoms with Gasteiger partial charge in [0.2, 0.25) is 0 Å². The summed E-state index contributed by atoms with van der Waals surface area (Å²) in [4.78, 5) is 0. The van der Waals surface area contributed by atoms with Crippen molar-refractivity contribution in [3.63, 3.8) is 0 Å². The normalized spacial score (nSPS) is 11.4. The molecule has 9 rings (SSSR count). The van der Waals surface area contributed by atoms with E-state index in [0.717, 1.165) is 0 Å². The molecule has 0 aliphatic heterocycles. The molecule has 0 saturated carbocycles. The fourth-order valence-electron chi connectivity index (χ4n) is 7.06. The Bertz CT molecular complexity index is 2510. The lowest BCUT2D eigenvalue weighted by atomic mass is 9.83. The molecule has 44 heavy (non-hydrogen) atoms. The summed E-state index contributed by atoms with van der Waals surface area (Å²) < 4.78 is 0. The van der Waals surface area contributed by atoms with Crippen molar-refractivity contribution in [2.45, 2.75) is 13.8 Å². The van der Waals surface area contributed by atoms with Crippen LogP contribution in [0.1, 0.15) is 13.8 Å². The second-order valence-corrected chi connectivity index (χ2v) is 11.3. The summed E-state index contributed by atoms with van der Waals surface area (Å²) >= 11 is 0. The van der Waals surface area contributed by atoms with Crippen LogP contribution in [-0.2, 0) is 0 Å². The monoisotopic (exact) mass is 560 g/mol. The van der Waals surface area contributed by atoms with Gasteiger partial charge in [-0.3, -0.25) is 0 Å². The van der Waals surface area contributed by atoms with Crippen molar-refractivity contribution < 1.29 is 0 Å². The minimum Gasteiger partial charge on any atom is -0.0683 e. The summed E-state index contributed by atoms with van der Waals surface area (Å²) in [5.41, 5.74) is 5.10. The van der Waals surface area contributed by atoms with Gasteiger partial charge in [0.15, 0.2) is 0 Å². The zero-order chi connectivity index (χ0) is 29.6. The standard InChI is InChI=1S/C42H26.C2H6/c1-2-12-31-25-32(21-17-27(31)9-1)40-36-15-7-8-16-37(36)41(42-35-14-6-4-11-29(35)23-24-38(40)42)33-22-20-30-19-18-28-10-3-5-13-34(28)39(30)26-33;1-2/h1-26H;1-2H3. The molecule has 0 N–H and O–H groups in total. The second kappa shape index (κ2) is 10.7. The summed E-state index contributed by atoms with van der Waals surface area (Å²) in [5, 5.41) is 15.4. The van der Waals surface area contributed by atoms with E-state index in [1.165, 1.54) is 86.9 Å². The SMILES string of the molecule is CC.c1ccc2cc(-c3c4ccccc4c(-c4ccc5ccc6ccccc6c5c4)c4c3ccc3ccccc34)ccc2c1. The number of hydrogen-bond donors (Lipinski definition) is 0. The fourth-order valence-corrected chi connectivity index (χ4v) is 7.06. The smallest absolute Gasteiger partial charge is 0.00141 e. The van der Waals surface area contributed by atoms with Gasteiger partial charge in [0, 0.05) is 0 Å². The van der Waals surface area contributed by atoms with Gasteiger partial charge in [0.25, 0.3) is 0 Å². The van der Waals surface area contributed by atoms with Crippen LogP contribution in [0.25, 0.3) is 86.9 Å². The van der Waals surface area contributed by atoms with Crippen LogP contribution in [-0.4, -0.2) is 0 Å². The summed E-state index contributed by atoms with van der Waals surface area (Å²) in [7, 11) is 0. The lowest BCUT2D eigenvalue weighted by Crippen LogP contribution is -1.92. The van der Waals surface area contributed by atoms with Crippen molar-refractivity contribution in [2.24, 2.45) is 0 Å². The van der Waals surface area contributed by atoms with Crippen LogP contribution in [0.2, 0.25) is 0 Å². The van der Waals surface area contributed by atoms with Gasteiger partial charge in [0.1, 0.15) is 0 Å². The van der Waals surface area contributed by atoms with Crippen molar-refractivity contribution in [3.05, 3.63) is 158 Å². The summed E-state index contributed by atoms with van der Waals surface area (Å²) in [6.07, 6.45) is 0. The molecular formula is C44H32. The quantitative estimate of drug-likeness (QED) is 0.146. The number of fused-ring (bicyclic) bond motifs is 8. The molecule has 0 unspecified atom stereocenters. The Kier molecular flexibility index (Phi) is 6.35. The lowest BCUT2D eigenvalue weighted by Gasteiger charge is -2.20. The molecule has 0 nitrogen and oxygen atoms in total. The van der Waals surface area contributed by atoms with Crippen molar-refractivity contribution in [1.82, 2.24) is 0 Å². The Balaban J connectivity index is 0.00000142. The molecule has 0 fully saturated rings. The molecule has 9 aromatic carbocycles. The maximum absolute atomic E-state index is 2.41. The molecule has 0 heterocycles. The molecule has 0 radical (unpaired) electrons. The molecule has 0 aliphatic rings. The molecule has 0 amide bonds. The first-order valence-corrected chi connectivity index (χ1v) is 15.6. The summed E-state index contributed by atoms with van der Waals surface area (Å²) in [6.45, 7) is 4.00. The number of benzene rings is 9. The zero-order valence-electron chi connectivity index (χ0n) is 25.0.